The SMILES string of the molecule is COc1ccc(N2C(=O)[C@@H]3[C@@H](c4ccc(OC(=O)c5ccccc5)cc4)N(c4cccc([N+](=O)[O-])c4)O[C@H]3C2=O)cc1. The van der Waals surface area contributed by atoms with Gasteiger partial charge in [0.25, 0.3) is 11.6 Å². The third-order valence-electron chi connectivity index (χ3n) is 7.18. The van der Waals surface area contributed by atoms with Crippen LogP contribution in [0.4, 0.5) is 17.1 Å². The molecule has 2 heterocycles. The van der Waals surface area contributed by atoms with E-state index in [4.69, 9.17) is 14.3 Å². The zero-order valence-electron chi connectivity index (χ0n) is 22.2. The maximum absolute atomic E-state index is 13.8. The van der Waals surface area contributed by atoms with Gasteiger partial charge >= 0.3 is 5.97 Å². The van der Waals surface area contributed by atoms with Crippen LogP contribution in [0.15, 0.2) is 103 Å². The number of anilines is 2. The topological polar surface area (TPSA) is 129 Å². The number of hydrogen-bond acceptors (Lipinski definition) is 9. The molecule has 0 unspecified atom stereocenters. The van der Waals surface area contributed by atoms with E-state index < -0.39 is 40.8 Å². The molecule has 4 aromatic rings. The molecule has 2 aliphatic rings. The highest BCUT2D eigenvalue weighted by atomic mass is 16.7. The predicted octanol–water partition coefficient (Wildman–Crippen LogP) is 4.87. The number of hydroxylamine groups is 1. The Morgan fingerprint density at radius 2 is 1.52 bits per heavy atom. The van der Waals surface area contributed by atoms with Gasteiger partial charge in [0.1, 0.15) is 17.4 Å². The molecule has 0 N–H and O–H groups in total. The Kier molecular flexibility index (Phi) is 6.85. The smallest absolute Gasteiger partial charge is 0.343 e. The number of benzene rings is 4. The molecule has 2 amide bonds. The van der Waals surface area contributed by atoms with E-state index in [0.717, 1.165) is 4.90 Å². The molecule has 0 saturated carbocycles. The lowest BCUT2D eigenvalue weighted by Gasteiger charge is -2.28. The van der Waals surface area contributed by atoms with Gasteiger partial charge in [0, 0.05) is 12.1 Å². The average molecular weight is 566 g/mol. The molecule has 42 heavy (non-hydrogen) atoms. The van der Waals surface area contributed by atoms with E-state index in [1.807, 2.05) is 0 Å². The van der Waals surface area contributed by atoms with Crippen molar-refractivity contribution in [3.05, 3.63) is 124 Å². The van der Waals surface area contributed by atoms with Gasteiger partial charge in [0.2, 0.25) is 5.91 Å². The lowest BCUT2D eigenvalue weighted by atomic mass is 9.90. The summed E-state index contributed by atoms with van der Waals surface area (Å²) in [7, 11) is 1.51. The van der Waals surface area contributed by atoms with Gasteiger partial charge in [0.05, 0.1) is 35.0 Å². The van der Waals surface area contributed by atoms with E-state index in [1.165, 1.54) is 30.4 Å². The molecular formula is C31H23N3O8. The van der Waals surface area contributed by atoms with Gasteiger partial charge in [-0.2, -0.15) is 0 Å². The first-order valence-corrected chi connectivity index (χ1v) is 13.0. The number of fused-ring (bicyclic) bond motifs is 1. The molecule has 0 aromatic heterocycles. The molecule has 2 saturated heterocycles. The summed E-state index contributed by atoms with van der Waals surface area (Å²) in [5.41, 5.74) is 1.46. The van der Waals surface area contributed by atoms with Crippen LogP contribution in [0.25, 0.3) is 0 Å². The van der Waals surface area contributed by atoms with Crippen molar-refractivity contribution in [3.8, 4) is 11.5 Å². The van der Waals surface area contributed by atoms with Crippen molar-refractivity contribution in [1.29, 1.82) is 0 Å². The summed E-state index contributed by atoms with van der Waals surface area (Å²) in [5, 5.41) is 12.8. The molecule has 11 heteroatoms. The summed E-state index contributed by atoms with van der Waals surface area (Å²) in [6, 6.07) is 26.5. The molecule has 6 rings (SSSR count). The minimum Gasteiger partial charge on any atom is -0.497 e. The zero-order valence-corrected chi connectivity index (χ0v) is 22.2. The summed E-state index contributed by atoms with van der Waals surface area (Å²) in [6.45, 7) is 0. The Balaban J connectivity index is 1.35. The summed E-state index contributed by atoms with van der Waals surface area (Å²) in [6.07, 6.45) is -1.17. The zero-order chi connectivity index (χ0) is 29.4. The third kappa shape index (κ3) is 4.71. The quantitative estimate of drug-likeness (QED) is 0.101. The molecule has 11 nitrogen and oxygen atoms in total. The minimum absolute atomic E-state index is 0.174. The number of nitro groups is 1. The molecule has 2 aliphatic heterocycles. The number of carbonyl (C=O) groups is 3. The lowest BCUT2D eigenvalue weighted by molar-refractivity contribution is -0.384. The molecular weight excluding hydrogens is 542 g/mol. The van der Waals surface area contributed by atoms with Crippen LogP contribution in [0, 0.1) is 16.0 Å². The number of nitrogens with zero attached hydrogens (tertiary/aromatic N) is 3. The van der Waals surface area contributed by atoms with Gasteiger partial charge in [-0.25, -0.2) is 14.8 Å². The maximum Gasteiger partial charge on any atom is 0.343 e. The Bertz CT molecular complexity index is 1670. The molecule has 0 aliphatic carbocycles. The average Bonchev–Trinajstić information content (AvgIpc) is 3.53. The van der Waals surface area contributed by atoms with Gasteiger partial charge in [-0.3, -0.25) is 24.5 Å². The van der Waals surface area contributed by atoms with Crippen molar-refractivity contribution < 1.29 is 33.6 Å². The van der Waals surface area contributed by atoms with E-state index in [9.17, 15) is 24.5 Å². The van der Waals surface area contributed by atoms with Crippen LogP contribution < -0.4 is 19.4 Å². The second-order valence-corrected chi connectivity index (χ2v) is 9.63. The maximum atomic E-state index is 13.8. The van der Waals surface area contributed by atoms with Crippen LogP contribution in [0.1, 0.15) is 22.0 Å². The highest BCUT2D eigenvalue weighted by Gasteiger charge is 2.60. The Morgan fingerprint density at radius 3 is 2.19 bits per heavy atom. The summed E-state index contributed by atoms with van der Waals surface area (Å²) < 4.78 is 10.7. The van der Waals surface area contributed by atoms with Crippen LogP contribution in [0.3, 0.4) is 0 Å². The van der Waals surface area contributed by atoms with Crippen LogP contribution in [-0.4, -0.2) is 35.9 Å². The first kappa shape index (κ1) is 26.7. The van der Waals surface area contributed by atoms with Crippen molar-refractivity contribution in [2.24, 2.45) is 5.92 Å². The fourth-order valence-electron chi connectivity index (χ4n) is 5.18. The fourth-order valence-corrected chi connectivity index (χ4v) is 5.18. The number of nitro benzene ring substituents is 1. The highest BCUT2D eigenvalue weighted by Crippen LogP contribution is 2.48. The van der Waals surface area contributed by atoms with Crippen LogP contribution in [0.2, 0.25) is 0 Å². The van der Waals surface area contributed by atoms with Crippen LogP contribution in [-0.2, 0) is 14.4 Å². The van der Waals surface area contributed by atoms with Crippen molar-refractivity contribution in [3.63, 3.8) is 0 Å². The van der Waals surface area contributed by atoms with Crippen molar-refractivity contribution in [1.82, 2.24) is 0 Å². The van der Waals surface area contributed by atoms with Crippen molar-refractivity contribution in [2.75, 3.05) is 17.1 Å². The van der Waals surface area contributed by atoms with Crippen molar-refractivity contribution >= 4 is 34.8 Å². The van der Waals surface area contributed by atoms with Gasteiger partial charge < -0.3 is 9.47 Å². The molecule has 3 atom stereocenters. The first-order valence-electron chi connectivity index (χ1n) is 13.0. The third-order valence-corrected chi connectivity index (χ3v) is 7.18. The summed E-state index contributed by atoms with van der Waals surface area (Å²) >= 11 is 0. The number of carbonyl (C=O) groups excluding carboxylic acids is 3. The van der Waals surface area contributed by atoms with Gasteiger partial charge in [-0.1, -0.05) is 36.4 Å². The van der Waals surface area contributed by atoms with Gasteiger partial charge in [-0.15, -0.1) is 0 Å². The molecule has 210 valence electrons. The number of non-ortho nitro benzene ring substituents is 1. The number of methoxy groups -OCH3 is 1. The van der Waals surface area contributed by atoms with E-state index in [2.05, 4.69) is 0 Å². The van der Waals surface area contributed by atoms with Crippen LogP contribution >= 0.6 is 0 Å². The number of hydrogen-bond donors (Lipinski definition) is 0. The summed E-state index contributed by atoms with van der Waals surface area (Å²) in [5.74, 6) is -1.68. The standard InChI is InChI=1S/C31H23N3O8/c1-40-24-16-12-21(13-17-24)32-29(35)26-27(19-10-14-25(15-11-19)41-31(37)20-6-3-2-4-7-20)33(42-28(26)30(32)36)22-8-5-9-23(18-22)34(38)39/h2-18,26-28H,1H3/t26-,27-,28-/m1/s1. The van der Waals surface area contributed by atoms with Gasteiger partial charge in [0.15, 0.2) is 6.10 Å². The van der Waals surface area contributed by atoms with E-state index in [-0.39, 0.29) is 11.4 Å². The predicted molar refractivity (Wildman–Crippen MR) is 150 cm³/mol. The number of imide groups is 1. The highest BCUT2D eigenvalue weighted by molar-refractivity contribution is 6.24. The number of ether oxygens (including phenoxy) is 2. The largest absolute Gasteiger partial charge is 0.497 e. The number of amides is 2. The molecule has 0 radical (unpaired) electrons. The molecule has 4 aromatic carbocycles. The monoisotopic (exact) mass is 565 g/mol. The molecule has 2 fully saturated rings. The van der Waals surface area contributed by atoms with Gasteiger partial charge in [-0.05, 0) is 60.2 Å². The fraction of sp³-hybridized carbons (Fsp3) is 0.129. The van der Waals surface area contributed by atoms with Crippen molar-refractivity contribution in [2.45, 2.75) is 12.1 Å². The molecule has 0 bridgehead atoms. The minimum atomic E-state index is -1.17. The second kappa shape index (κ2) is 10.8. The number of rotatable bonds is 7. The summed E-state index contributed by atoms with van der Waals surface area (Å²) in [4.78, 5) is 58.0. The lowest BCUT2D eigenvalue weighted by Crippen LogP contribution is -2.37. The Labute approximate surface area is 239 Å². The van der Waals surface area contributed by atoms with Crippen LogP contribution in [0.5, 0.6) is 11.5 Å². The normalized spacial score (nSPS) is 19.5. The van der Waals surface area contributed by atoms with E-state index >= 15 is 0 Å². The van der Waals surface area contributed by atoms with E-state index in [1.54, 1.807) is 84.9 Å². The number of esters is 1. The first-order chi connectivity index (χ1) is 20.4. The Morgan fingerprint density at radius 1 is 0.833 bits per heavy atom. The Hall–Kier alpha value is -5.55. The van der Waals surface area contributed by atoms with E-state index in [0.29, 0.717) is 28.3 Å². The second-order valence-electron chi connectivity index (χ2n) is 9.63. The molecule has 0 spiro atoms.